The van der Waals surface area contributed by atoms with Crippen molar-refractivity contribution in [1.29, 1.82) is 0 Å². The molecule has 1 aliphatic heterocycles. The Labute approximate surface area is 195 Å². The van der Waals surface area contributed by atoms with Gasteiger partial charge in [-0.15, -0.1) is 0 Å². The van der Waals surface area contributed by atoms with Gasteiger partial charge in [0, 0.05) is 24.2 Å². The van der Waals surface area contributed by atoms with Crippen LogP contribution in [0.2, 0.25) is 0 Å². The first-order valence-corrected chi connectivity index (χ1v) is 13.3. The van der Waals surface area contributed by atoms with Crippen molar-refractivity contribution in [2.24, 2.45) is 11.3 Å². The molecule has 33 heavy (non-hydrogen) atoms. The summed E-state index contributed by atoms with van der Waals surface area (Å²) in [5.74, 6) is -0.471. The number of likely N-dealkylation sites (N-methyl/N-ethyl adjacent to an activating group) is 1. The highest BCUT2D eigenvalue weighted by Crippen LogP contribution is 2.39. The van der Waals surface area contributed by atoms with E-state index in [0.717, 1.165) is 41.4 Å². The molecule has 8 heteroatoms. The van der Waals surface area contributed by atoms with Crippen molar-refractivity contribution in [2.75, 3.05) is 25.2 Å². The van der Waals surface area contributed by atoms with E-state index in [9.17, 15) is 18.0 Å². The van der Waals surface area contributed by atoms with Gasteiger partial charge in [-0.3, -0.25) is 9.78 Å². The van der Waals surface area contributed by atoms with Crippen molar-refractivity contribution in [3.8, 4) is 0 Å². The third kappa shape index (κ3) is 4.90. The minimum atomic E-state index is -3.11. The van der Waals surface area contributed by atoms with Crippen molar-refractivity contribution < 1.29 is 22.7 Å². The second kappa shape index (κ2) is 8.70. The van der Waals surface area contributed by atoms with Crippen LogP contribution in [0.4, 0.5) is 0 Å². The maximum Gasteiger partial charge on any atom is 0.339 e. The number of ether oxygens (including phenoxy) is 1. The lowest BCUT2D eigenvalue weighted by molar-refractivity contribution is -0.134. The molecule has 0 bridgehead atoms. The molecule has 1 fully saturated rings. The van der Waals surface area contributed by atoms with Crippen LogP contribution in [0.5, 0.6) is 0 Å². The van der Waals surface area contributed by atoms with E-state index < -0.39 is 28.3 Å². The average Bonchev–Trinajstić information content (AvgIpc) is 3.13. The topological polar surface area (TPSA) is 93.6 Å². The van der Waals surface area contributed by atoms with Gasteiger partial charge in [0.15, 0.2) is 16.4 Å². The number of amides is 1. The summed E-state index contributed by atoms with van der Waals surface area (Å²) in [6, 6.07) is 7.16. The van der Waals surface area contributed by atoms with Crippen LogP contribution in [-0.4, -0.2) is 61.4 Å². The van der Waals surface area contributed by atoms with E-state index in [4.69, 9.17) is 9.72 Å². The first-order chi connectivity index (χ1) is 15.5. The Kier molecular flexibility index (Phi) is 6.24. The molecular weight excluding hydrogens is 440 g/mol. The maximum atomic E-state index is 13.3. The number of nitrogens with zero attached hydrogens (tertiary/aromatic N) is 2. The molecule has 1 amide bonds. The lowest BCUT2D eigenvalue weighted by Gasteiger charge is -2.35. The van der Waals surface area contributed by atoms with Gasteiger partial charge in [0.2, 0.25) is 0 Å². The Bertz CT molecular complexity index is 1200. The highest BCUT2D eigenvalue weighted by atomic mass is 32.2. The van der Waals surface area contributed by atoms with Crippen LogP contribution in [0.25, 0.3) is 10.9 Å². The van der Waals surface area contributed by atoms with Crippen LogP contribution in [0.15, 0.2) is 24.3 Å². The minimum absolute atomic E-state index is 0.0418. The third-order valence-electron chi connectivity index (χ3n) is 7.16. The van der Waals surface area contributed by atoms with E-state index in [1.165, 1.54) is 4.90 Å². The van der Waals surface area contributed by atoms with Crippen LogP contribution in [-0.2, 0) is 32.2 Å². The van der Waals surface area contributed by atoms with Crippen LogP contribution in [0.1, 0.15) is 55.2 Å². The lowest BCUT2D eigenvalue weighted by atomic mass is 9.70. The molecule has 1 saturated heterocycles. The second-order valence-electron chi connectivity index (χ2n) is 10.4. The largest absolute Gasteiger partial charge is 0.452 e. The number of carbonyl (C=O) groups excluding carboxylic acids is 2. The molecule has 178 valence electrons. The highest BCUT2D eigenvalue weighted by Gasteiger charge is 2.35. The SMILES string of the molecule is CN(C(=O)COC(=O)c1c2c(nc3ccccc13)CC[C@H](C(C)(C)C)C2)[C@@H]1CCS(=O)(=O)C1. The van der Waals surface area contributed by atoms with Crippen molar-refractivity contribution >= 4 is 32.6 Å². The Balaban J connectivity index is 1.58. The number of aromatic nitrogens is 1. The molecule has 4 rings (SSSR count). The van der Waals surface area contributed by atoms with Crippen molar-refractivity contribution in [2.45, 2.75) is 52.5 Å². The summed E-state index contributed by atoms with van der Waals surface area (Å²) in [6.07, 6.45) is 2.98. The van der Waals surface area contributed by atoms with E-state index in [0.29, 0.717) is 17.9 Å². The number of esters is 1. The summed E-state index contributed by atoms with van der Waals surface area (Å²) < 4.78 is 29.0. The summed E-state index contributed by atoms with van der Waals surface area (Å²) in [5.41, 5.74) is 3.21. The molecule has 0 N–H and O–H groups in total. The first kappa shape index (κ1) is 23.7. The molecule has 1 aliphatic carbocycles. The number of fused-ring (bicyclic) bond motifs is 2. The fraction of sp³-hybridized carbons (Fsp3) is 0.560. The van der Waals surface area contributed by atoms with Gasteiger partial charge in [-0.05, 0) is 48.6 Å². The quantitative estimate of drug-likeness (QED) is 0.635. The number of hydrogen-bond donors (Lipinski definition) is 0. The molecule has 7 nitrogen and oxygen atoms in total. The molecule has 0 saturated carbocycles. The summed E-state index contributed by atoms with van der Waals surface area (Å²) in [4.78, 5) is 32.2. The zero-order valence-electron chi connectivity index (χ0n) is 19.8. The summed E-state index contributed by atoms with van der Waals surface area (Å²) >= 11 is 0. The zero-order valence-corrected chi connectivity index (χ0v) is 20.6. The Morgan fingerprint density at radius 2 is 1.91 bits per heavy atom. The van der Waals surface area contributed by atoms with E-state index in [1.807, 2.05) is 24.3 Å². The average molecular weight is 473 g/mol. The number of sulfone groups is 1. The molecular formula is C25H32N2O5S. The van der Waals surface area contributed by atoms with Gasteiger partial charge in [0.1, 0.15) is 0 Å². The maximum absolute atomic E-state index is 13.3. The van der Waals surface area contributed by atoms with E-state index >= 15 is 0 Å². The normalized spacial score (nSPS) is 22.1. The van der Waals surface area contributed by atoms with Crippen LogP contribution in [0.3, 0.4) is 0 Å². The molecule has 1 aromatic carbocycles. The van der Waals surface area contributed by atoms with Gasteiger partial charge in [0.25, 0.3) is 5.91 Å². The van der Waals surface area contributed by atoms with Gasteiger partial charge in [-0.2, -0.15) is 0 Å². The number of aryl methyl sites for hydroxylation is 1. The second-order valence-corrected chi connectivity index (χ2v) is 12.6. The number of carbonyl (C=O) groups is 2. The number of para-hydroxylation sites is 1. The smallest absolute Gasteiger partial charge is 0.339 e. The molecule has 2 atom stereocenters. The van der Waals surface area contributed by atoms with Gasteiger partial charge in [-0.25, -0.2) is 13.2 Å². The number of hydrogen-bond acceptors (Lipinski definition) is 6. The lowest BCUT2D eigenvalue weighted by Crippen LogP contribution is -2.40. The van der Waals surface area contributed by atoms with E-state index in [-0.39, 0.29) is 23.0 Å². The number of pyridine rings is 1. The number of benzene rings is 1. The predicted octanol–water partition coefficient (Wildman–Crippen LogP) is 3.19. The van der Waals surface area contributed by atoms with Gasteiger partial charge < -0.3 is 9.64 Å². The number of rotatable bonds is 4. The van der Waals surface area contributed by atoms with E-state index in [2.05, 4.69) is 20.8 Å². The standard InChI is InChI=1S/C25H32N2O5S/c1-25(2,3)16-9-10-21-19(13-16)23(18-7-5-6-8-20(18)26-21)24(29)32-14-22(28)27(4)17-11-12-33(30,31)15-17/h5-8,16-17H,9-15H2,1-4H3/t16-,17+/m0/s1. The highest BCUT2D eigenvalue weighted by molar-refractivity contribution is 7.91. The molecule has 2 heterocycles. The van der Waals surface area contributed by atoms with Crippen LogP contribution < -0.4 is 0 Å². The molecule has 2 aromatic rings. The molecule has 0 spiro atoms. The first-order valence-electron chi connectivity index (χ1n) is 11.5. The summed E-state index contributed by atoms with van der Waals surface area (Å²) in [5, 5.41) is 0.735. The van der Waals surface area contributed by atoms with Gasteiger partial charge >= 0.3 is 5.97 Å². The molecule has 1 aromatic heterocycles. The summed E-state index contributed by atoms with van der Waals surface area (Å²) in [6.45, 7) is 6.23. The van der Waals surface area contributed by atoms with E-state index in [1.54, 1.807) is 7.05 Å². The zero-order chi connectivity index (χ0) is 24.0. The van der Waals surface area contributed by atoms with Crippen molar-refractivity contribution in [3.63, 3.8) is 0 Å². The van der Waals surface area contributed by atoms with Crippen LogP contribution in [0, 0.1) is 11.3 Å². The Morgan fingerprint density at radius 3 is 2.58 bits per heavy atom. The fourth-order valence-corrected chi connectivity index (χ4v) is 6.72. The summed E-state index contributed by atoms with van der Waals surface area (Å²) in [7, 11) is -1.54. The Hall–Kier alpha value is -2.48. The third-order valence-corrected chi connectivity index (χ3v) is 8.91. The van der Waals surface area contributed by atoms with Gasteiger partial charge in [-0.1, -0.05) is 39.0 Å². The van der Waals surface area contributed by atoms with Crippen molar-refractivity contribution in [1.82, 2.24) is 9.88 Å². The molecule has 0 unspecified atom stereocenters. The minimum Gasteiger partial charge on any atom is -0.452 e. The molecule has 2 aliphatic rings. The predicted molar refractivity (Wildman–Crippen MR) is 127 cm³/mol. The molecule has 0 radical (unpaired) electrons. The van der Waals surface area contributed by atoms with Crippen LogP contribution >= 0.6 is 0 Å². The van der Waals surface area contributed by atoms with Gasteiger partial charge in [0.05, 0.1) is 22.6 Å². The fourth-order valence-electron chi connectivity index (χ4n) is 4.95. The Morgan fingerprint density at radius 1 is 1.18 bits per heavy atom. The van der Waals surface area contributed by atoms with Crippen molar-refractivity contribution in [3.05, 3.63) is 41.1 Å². The monoisotopic (exact) mass is 472 g/mol.